The molecule has 1 aromatic carbocycles. The van der Waals surface area contributed by atoms with E-state index in [9.17, 15) is 4.79 Å². The second kappa shape index (κ2) is 5.99. The smallest absolute Gasteiger partial charge is 0.251 e. The first-order valence-corrected chi connectivity index (χ1v) is 7.41. The Kier molecular flexibility index (Phi) is 3.90. The lowest BCUT2D eigenvalue weighted by molar-refractivity contribution is 0.0951. The molecule has 1 aliphatic rings. The first kappa shape index (κ1) is 13.7. The summed E-state index contributed by atoms with van der Waals surface area (Å²) in [6, 6.07) is 7.97. The highest BCUT2D eigenvalue weighted by atomic mass is 16.1. The van der Waals surface area contributed by atoms with Gasteiger partial charge in [0.1, 0.15) is 5.82 Å². The fraction of sp³-hybridized carbons (Fsp3) is 0.375. The highest BCUT2D eigenvalue weighted by Gasteiger charge is 2.23. The third-order valence-corrected chi connectivity index (χ3v) is 3.63. The van der Waals surface area contributed by atoms with E-state index in [4.69, 9.17) is 0 Å². The van der Waals surface area contributed by atoms with E-state index in [1.165, 1.54) is 0 Å². The monoisotopic (exact) mass is 284 g/mol. The molecule has 5 nitrogen and oxygen atoms in total. The summed E-state index contributed by atoms with van der Waals surface area (Å²) in [7, 11) is 0. The van der Waals surface area contributed by atoms with Crippen LogP contribution in [0.3, 0.4) is 0 Å². The molecular weight excluding hydrogens is 264 g/mol. The molecule has 1 aliphatic carbocycles. The topological polar surface area (TPSA) is 59.0 Å². The molecule has 21 heavy (non-hydrogen) atoms. The Morgan fingerprint density at radius 2 is 2.29 bits per heavy atom. The van der Waals surface area contributed by atoms with Gasteiger partial charge in [-0.3, -0.25) is 4.79 Å². The zero-order valence-electron chi connectivity index (χ0n) is 12.2. The van der Waals surface area contributed by atoms with Gasteiger partial charge in [-0.25, -0.2) is 4.98 Å². The van der Waals surface area contributed by atoms with E-state index >= 15 is 0 Å². The van der Waals surface area contributed by atoms with Gasteiger partial charge in [-0.15, -0.1) is 0 Å². The third-order valence-electron chi connectivity index (χ3n) is 3.63. The van der Waals surface area contributed by atoms with Crippen LogP contribution in [0.4, 0.5) is 5.69 Å². The normalized spacial score (nSPS) is 14.0. The van der Waals surface area contributed by atoms with Crippen molar-refractivity contribution >= 4 is 11.6 Å². The zero-order chi connectivity index (χ0) is 14.7. The maximum atomic E-state index is 12.0. The highest BCUT2D eigenvalue weighted by Crippen LogP contribution is 2.20. The van der Waals surface area contributed by atoms with Crippen molar-refractivity contribution in [2.24, 2.45) is 0 Å². The van der Waals surface area contributed by atoms with E-state index in [-0.39, 0.29) is 5.91 Å². The van der Waals surface area contributed by atoms with Crippen LogP contribution in [-0.4, -0.2) is 21.5 Å². The number of amides is 1. The van der Waals surface area contributed by atoms with Crippen molar-refractivity contribution in [3.8, 4) is 0 Å². The molecule has 0 saturated heterocycles. The Labute approximate surface area is 124 Å². The standard InChI is InChI=1S/C16H20N4O/c1-2-20-9-8-17-15(20)11-18-14-5-3-4-12(10-14)16(21)19-13-6-7-13/h3-5,8-10,13,18H,2,6-7,11H2,1H3,(H,19,21). The molecule has 0 bridgehead atoms. The third kappa shape index (κ3) is 3.42. The molecule has 0 unspecified atom stereocenters. The van der Waals surface area contributed by atoms with Crippen LogP contribution in [0.25, 0.3) is 0 Å². The molecule has 1 amide bonds. The van der Waals surface area contributed by atoms with Crippen LogP contribution in [0.2, 0.25) is 0 Å². The number of hydrogen-bond donors (Lipinski definition) is 2. The second-order valence-corrected chi connectivity index (χ2v) is 5.31. The van der Waals surface area contributed by atoms with Crippen molar-refractivity contribution in [3.05, 3.63) is 48.0 Å². The van der Waals surface area contributed by atoms with Gasteiger partial charge in [-0.2, -0.15) is 0 Å². The number of imidazole rings is 1. The van der Waals surface area contributed by atoms with Crippen LogP contribution in [0.1, 0.15) is 35.9 Å². The summed E-state index contributed by atoms with van der Waals surface area (Å²) >= 11 is 0. The van der Waals surface area contributed by atoms with Crippen molar-refractivity contribution < 1.29 is 4.79 Å². The van der Waals surface area contributed by atoms with E-state index in [0.29, 0.717) is 18.2 Å². The lowest BCUT2D eigenvalue weighted by Crippen LogP contribution is -2.25. The second-order valence-electron chi connectivity index (χ2n) is 5.31. The van der Waals surface area contributed by atoms with Crippen molar-refractivity contribution in [1.82, 2.24) is 14.9 Å². The summed E-state index contributed by atoms with van der Waals surface area (Å²) in [6.07, 6.45) is 5.98. The largest absolute Gasteiger partial charge is 0.378 e. The van der Waals surface area contributed by atoms with Gasteiger partial charge in [0.15, 0.2) is 0 Å². The number of hydrogen-bond acceptors (Lipinski definition) is 3. The predicted octanol–water partition coefficient (Wildman–Crippen LogP) is 2.41. The summed E-state index contributed by atoms with van der Waals surface area (Å²) in [6.45, 7) is 3.64. The summed E-state index contributed by atoms with van der Waals surface area (Å²) in [5, 5.41) is 6.32. The van der Waals surface area contributed by atoms with Crippen LogP contribution in [-0.2, 0) is 13.1 Å². The Hall–Kier alpha value is -2.30. The SMILES string of the molecule is CCn1ccnc1CNc1cccc(C(=O)NC2CC2)c1. The number of rotatable bonds is 6. The average molecular weight is 284 g/mol. The molecule has 1 heterocycles. The van der Waals surface area contributed by atoms with E-state index in [1.54, 1.807) is 6.20 Å². The lowest BCUT2D eigenvalue weighted by Gasteiger charge is -2.09. The van der Waals surface area contributed by atoms with Crippen LogP contribution >= 0.6 is 0 Å². The fourth-order valence-corrected chi connectivity index (χ4v) is 2.24. The number of benzene rings is 1. The van der Waals surface area contributed by atoms with E-state index in [1.807, 2.05) is 30.5 Å². The molecule has 3 rings (SSSR count). The zero-order valence-corrected chi connectivity index (χ0v) is 12.2. The fourth-order valence-electron chi connectivity index (χ4n) is 2.24. The minimum Gasteiger partial charge on any atom is -0.378 e. The van der Waals surface area contributed by atoms with Gasteiger partial charge in [0, 0.05) is 36.2 Å². The van der Waals surface area contributed by atoms with E-state index < -0.39 is 0 Å². The van der Waals surface area contributed by atoms with Crippen LogP contribution in [0.5, 0.6) is 0 Å². The number of nitrogens with one attached hydrogen (secondary N) is 2. The van der Waals surface area contributed by atoms with Crippen molar-refractivity contribution in [2.45, 2.75) is 38.9 Å². The molecule has 2 N–H and O–H groups in total. The van der Waals surface area contributed by atoms with E-state index in [2.05, 4.69) is 27.1 Å². The van der Waals surface area contributed by atoms with Crippen LogP contribution in [0.15, 0.2) is 36.7 Å². The number of carbonyl (C=O) groups is 1. The molecule has 0 aliphatic heterocycles. The van der Waals surface area contributed by atoms with E-state index in [0.717, 1.165) is 30.9 Å². The van der Waals surface area contributed by atoms with Crippen LogP contribution < -0.4 is 10.6 Å². The lowest BCUT2D eigenvalue weighted by atomic mass is 10.2. The molecule has 1 fully saturated rings. The van der Waals surface area contributed by atoms with Crippen LogP contribution in [0, 0.1) is 0 Å². The van der Waals surface area contributed by atoms with Gasteiger partial charge in [0.25, 0.3) is 5.91 Å². The Balaban J connectivity index is 1.64. The molecule has 0 spiro atoms. The number of carbonyl (C=O) groups excluding carboxylic acids is 1. The molecule has 1 saturated carbocycles. The molecule has 0 radical (unpaired) electrons. The Morgan fingerprint density at radius 3 is 3.05 bits per heavy atom. The average Bonchev–Trinajstić information content (AvgIpc) is 3.20. The van der Waals surface area contributed by atoms with Crippen molar-refractivity contribution in [3.63, 3.8) is 0 Å². The highest BCUT2D eigenvalue weighted by molar-refractivity contribution is 5.95. The molecule has 110 valence electrons. The van der Waals surface area contributed by atoms with Gasteiger partial charge in [0.05, 0.1) is 6.54 Å². The molecule has 2 aromatic rings. The summed E-state index contributed by atoms with van der Waals surface area (Å²) < 4.78 is 2.09. The number of nitrogens with zero attached hydrogens (tertiary/aromatic N) is 2. The predicted molar refractivity (Wildman–Crippen MR) is 82.2 cm³/mol. The first-order chi connectivity index (χ1) is 10.3. The number of aromatic nitrogens is 2. The molecular formula is C16H20N4O. The van der Waals surface area contributed by atoms with Gasteiger partial charge < -0.3 is 15.2 Å². The maximum absolute atomic E-state index is 12.0. The first-order valence-electron chi connectivity index (χ1n) is 7.41. The summed E-state index contributed by atoms with van der Waals surface area (Å²) in [5.74, 6) is 1.00. The van der Waals surface area contributed by atoms with Gasteiger partial charge >= 0.3 is 0 Å². The Bertz CT molecular complexity index is 631. The molecule has 0 atom stereocenters. The Morgan fingerprint density at radius 1 is 1.43 bits per heavy atom. The number of anilines is 1. The van der Waals surface area contributed by atoms with Gasteiger partial charge in [-0.05, 0) is 38.0 Å². The maximum Gasteiger partial charge on any atom is 0.251 e. The minimum atomic E-state index is 0.0104. The van der Waals surface area contributed by atoms with Crippen molar-refractivity contribution in [1.29, 1.82) is 0 Å². The summed E-state index contributed by atoms with van der Waals surface area (Å²) in [4.78, 5) is 16.4. The molecule has 5 heteroatoms. The molecule has 1 aromatic heterocycles. The summed E-state index contributed by atoms with van der Waals surface area (Å²) in [5.41, 5.74) is 1.63. The van der Waals surface area contributed by atoms with Gasteiger partial charge in [0.2, 0.25) is 0 Å². The van der Waals surface area contributed by atoms with Crippen molar-refractivity contribution in [2.75, 3.05) is 5.32 Å². The quantitative estimate of drug-likeness (QED) is 0.856. The minimum absolute atomic E-state index is 0.0104. The van der Waals surface area contributed by atoms with Gasteiger partial charge in [-0.1, -0.05) is 6.07 Å². The number of aryl methyl sites for hydroxylation is 1.